The quantitative estimate of drug-likeness (QED) is 0.865. The average Bonchev–Trinajstić information content (AvgIpc) is 3.15. The number of amides is 1. The number of carbonyl (C=O) groups excluding carboxylic acids is 1. The monoisotopic (exact) mass is 310 g/mol. The maximum absolute atomic E-state index is 12.9. The van der Waals surface area contributed by atoms with Crippen LogP contribution in [0.5, 0.6) is 0 Å². The lowest BCUT2D eigenvalue weighted by Crippen LogP contribution is -2.41. The number of carbonyl (C=O) groups is 1. The fourth-order valence-corrected chi connectivity index (χ4v) is 3.93. The van der Waals surface area contributed by atoms with Crippen LogP contribution in [-0.2, 0) is 4.79 Å². The molecule has 120 valence electrons. The van der Waals surface area contributed by atoms with E-state index in [0.29, 0.717) is 11.8 Å². The van der Waals surface area contributed by atoms with Crippen molar-refractivity contribution in [2.45, 2.75) is 44.6 Å². The molecule has 1 aromatic heterocycles. The molecule has 2 aromatic rings. The Labute approximate surface area is 136 Å². The third kappa shape index (κ3) is 2.67. The van der Waals surface area contributed by atoms with E-state index in [1.807, 2.05) is 24.0 Å². The molecule has 4 nitrogen and oxygen atoms in total. The molecule has 2 heterocycles. The fraction of sp³-hybridized carbons (Fsp3) is 0.474. The van der Waals surface area contributed by atoms with E-state index in [2.05, 4.69) is 29.4 Å². The van der Waals surface area contributed by atoms with E-state index in [4.69, 9.17) is 4.52 Å². The largest absolute Gasteiger partial charge is 0.361 e. The van der Waals surface area contributed by atoms with Gasteiger partial charge in [0.1, 0.15) is 11.5 Å². The molecule has 1 saturated carbocycles. The lowest BCUT2D eigenvalue weighted by Gasteiger charge is -2.38. The van der Waals surface area contributed by atoms with Gasteiger partial charge in [0.2, 0.25) is 5.91 Å². The van der Waals surface area contributed by atoms with Crippen LogP contribution in [-0.4, -0.2) is 22.5 Å². The Hall–Kier alpha value is -2.10. The van der Waals surface area contributed by atoms with Crippen LogP contribution >= 0.6 is 0 Å². The van der Waals surface area contributed by atoms with Gasteiger partial charge >= 0.3 is 0 Å². The molecule has 0 bridgehead atoms. The molecular weight excluding hydrogens is 288 g/mol. The second-order valence-corrected chi connectivity index (χ2v) is 6.83. The third-order valence-corrected chi connectivity index (χ3v) is 5.28. The Kier molecular flexibility index (Phi) is 3.68. The Bertz CT molecular complexity index is 688. The maximum Gasteiger partial charge on any atom is 0.226 e. The molecule has 2 aliphatic rings. The zero-order chi connectivity index (χ0) is 15.8. The van der Waals surface area contributed by atoms with E-state index in [1.54, 1.807) is 0 Å². The highest BCUT2D eigenvalue weighted by atomic mass is 16.5. The third-order valence-electron chi connectivity index (χ3n) is 5.28. The van der Waals surface area contributed by atoms with Gasteiger partial charge < -0.3 is 9.42 Å². The molecule has 4 heteroatoms. The summed E-state index contributed by atoms with van der Waals surface area (Å²) in [5, 5.41) is 4.13. The number of rotatable bonds is 3. The van der Waals surface area contributed by atoms with Crippen molar-refractivity contribution >= 4 is 5.91 Å². The Morgan fingerprint density at radius 1 is 1.26 bits per heavy atom. The first-order chi connectivity index (χ1) is 11.2. The van der Waals surface area contributed by atoms with Crippen LogP contribution in [0.2, 0.25) is 0 Å². The van der Waals surface area contributed by atoms with E-state index in [-0.39, 0.29) is 12.0 Å². The second kappa shape index (κ2) is 5.84. The van der Waals surface area contributed by atoms with E-state index in [1.165, 1.54) is 5.56 Å². The summed E-state index contributed by atoms with van der Waals surface area (Å²) in [6, 6.07) is 12.6. The van der Waals surface area contributed by atoms with Gasteiger partial charge in [-0.1, -0.05) is 35.5 Å². The number of nitrogens with zero attached hydrogens (tertiary/aromatic N) is 2. The minimum atomic E-state index is 0.107. The van der Waals surface area contributed by atoms with Crippen LogP contribution in [0, 0.1) is 12.8 Å². The summed E-state index contributed by atoms with van der Waals surface area (Å²) < 4.78 is 5.19. The Morgan fingerprint density at radius 2 is 2.04 bits per heavy atom. The standard InChI is InChI=1S/C19H22N2O2/c1-13-10-17(20-23-13)18-8-5-9-21(18)19(22)16-11-15(12-16)14-6-3-2-4-7-14/h2-4,6-7,10,15-16,18H,5,8-9,11-12H2,1H3/t15?,16?,18-/m1/s1. The van der Waals surface area contributed by atoms with Gasteiger partial charge in [-0.15, -0.1) is 0 Å². The molecule has 23 heavy (non-hydrogen) atoms. The number of hydrogen-bond donors (Lipinski definition) is 0. The highest BCUT2D eigenvalue weighted by Crippen LogP contribution is 2.44. The van der Waals surface area contributed by atoms with Crippen molar-refractivity contribution in [1.29, 1.82) is 0 Å². The summed E-state index contributed by atoms with van der Waals surface area (Å²) in [6.45, 7) is 2.75. The summed E-state index contributed by atoms with van der Waals surface area (Å²) in [6.07, 6.45) is 4.00. The number of aromatic nitrogens is 1. The zero-order valence-electron chi connectivity index (χ0n) is 13.4. The van der Waals surface area contributed by atoms with Crippen molar-refractivity contribution in [3.05, 3.63) is 53.4 Å². The van der Waals surface area contributed by atoms with E-state index >= 15 is 0 Å². The van der Waals surface area contributed by atoms with Crippen molar-refractivity contribution in [1.82, 2.24) is 10.1 Å². The van der Waals surface area contributed by atoms with Gasteiger partial charge in [0.25, 0.3) is 0 Å². The molecule has 1 aliphatic heterocycles. The number of hydrogen-bond acceptors (Lipinski definition) is 3. The molecule has 1 saturated heterocycles. The molecule has 1 aromatic carbocycles. The van der Waals surface area contributed by atoms with Crippen molar-refractivity contribution in [3.63, 3.8) is 0 Å². The normalized spacial score (nSPS) is 27.0. The van der Waals surface area contributed by atoms with E-state index in [0.717, 1.165) is 43.7 Å². The van der Waals surface area contributed by atoms with Crippen LogP contribution in [0.1, 0.15) is 54.7 Å². The van der Waals surface area contributed by atoms with E-state index in [9.17, 15) is 4.79 Å². The first kappa shape index (κ1) is 14.5. The van der Waals surface area contributed by atoms with Crippen LogP contribution in [0.25, 0.3) is 0 Å². The molecule has 0 spiro atoms. The predicted molar refractivity (Wildman–Crippen MR) is 86.8 cm³/mol. The van der Waals surface area contributed by atoms with Crippen LogP contribution in [0.3, 0.4) is 0 Å². The van der Waals surface area contributed by atoms with Crippen LogP contribution in [0.15, 0.2) is 40.9 Å². The summed E-state index contributed by atoms with van der Waals surface area (Å²) in [4.78, 5) is 14.9. The van der Waals surface area contributed by atoms with Crippen molar-refractivity contribution < 1.29 is 9.32 Å². The Balaban J connectivity index is 1.42. The smallest absolute Gasteiger partial charge is 0.226 e. The first-order valence-electron chi connectivity index (χ1n) is 8.51. The molecule has 1 atom stereocenters. The lowest BCUT2D eigenvalue weighted by atomic mass is 9.71. The molecule has 0 radical (unpaired) electrons. The average molecular weight is 310 g/mol. The Morgan fingerprint density at radius 3 is 2.74 bits per heavy atom. The predicted octanol–water partition coefficient (Wildman–Crippen LogP) is 3.84. The molecule has 4 rings (SSSR count). The van der Waals surface area contributed by atoms with Gasteiger partial charge in [-0.25, -0.2) is 0 Å². The maximum atomic E-state index is 12.9. The van der Waals surface area contributed by atoms with Crippen LogP contribution in [0.4, 0.5) is 0 Å². The minimum absolute atomic E-state index is 0.107. The van der Waals surface area contributed by atoms with Gasteiger partial charge in [0.15, 0.2) is 0 Å². The van der Waals surface area contributed by atoms with Gasteiger partial charge in [0.05, 0.1) is 6.04 Å². The molecule has 0 unspecified atom stereocenters. The highest BCUT2D eigenvalue weighted by Gasteiger charge is 2.41. The van der Waals surface area contributed by atoms with E-state index < -0.39 is 0 Å². The van der Waals surface area contributed by atoms with Crippen molar-refractivity contribution in [3.8, 4) is 0 Å². The van der Waals surface area contributed by atoms with Gasteiger partial charge in [-0.3, -0.25) is 4.79 Å². The number of benzene rings is 1. The second-order valence-electron chi connectivity index (χ2n) is 6.83. The van der Waals surface area contributed by atoms with Gasteiger partial charge in [-0.2, -0.15) is 0 Å². The molecule has 2 fully saturated rings. The number of aryl methyl sites for hydroxylation is 1. The highest BCUT2D eigenvalue weighted by molar-refractivity contribution is 5.80. The van der Waals surface area contributed by atoms with Crippen molar-refractivity contribution in [2.24, 2.45) is 5.92 Å². The van der Waals surface area contributed by atoms with Crippen molar-refractivity contribution in [2.75, 3.05) is 6.54 Å². The minimum Gasteiger partial charge on any atom is -0.361 e. The molecule has 1 aliphatic carbocycles. The first-order valence-corrected chi connectivity index (χ1v) is 8.51. The SMILES string of the molecule is Cc1cc([C@H]2CCCN2C(=O)C2CC(c3ccccc3)C2)no1. The lowest BCUT2D eigenvalue weighted by molar-refractivity contribution is -0.139. The molecule has 0 N–H and O–H groups in total. The summed E-state index contributed by atoms with van der Waals surface area (Å²) in [5.41, 5.74) is 2.27. The fourth-order valence-electron chi connectivity index (χ4n) is 3.93. The molecular formula is C19H22N2O2. The zero-order valence-corrected chi connectivity index (χ0v) is 13.4. The van der Waals surface area contributed by atoms with Gasteiger partial charge in [0, 0.05) is 18.5 Å². The van der Waals surface area contributed by atoms with Crippen LogP contribution < -0.4 is 0 Å². The number of likely N-dealkylation sites (tertiary alicyclic amines) is 1. The summed E-state index contributed by atoms with van der Waals surface area (Å²) >= 11 is 0. The topological polar surface area (TPSA) is 46.3 Å². The summed E-state index contributed by atoms with van der Waals surface area (Å²) in [7, 11) is 0. The summed E-state index contributed by atoms with van der Waals surface area (Å²) in [5.74, 6) is 1.83. The molecule has 1 amide bonds. The van der Waals surface area contributed by atoms with Gasteiger partial charge in [-0.05, 0) is 44.1 Å².